The SMILES string of the molecule is Cc1ccn2c(C[C@H]3CN(C(=O)OC4CC4)CCO3)c(-c3c(F)cc(C(=O)NCC(F)(F)F)cc3F)nc2c1. The molecule has 2 aliphatic rings. The van der Waals surface area contributed by atoms with Gasteiger partial charge in [-0.2, -0.15) is 13.2 Å². The number of fused-ring (bicyclic) bond motifs is 1. The van der Waals surface area contributed by atoms with E-state index in [1.807, 2.05) is 6.92 Å². The van der Waals surface area contributed by atoms with E-state index in [2.05, 4.69) is 4.98 Å². The Hall–Kier alpha value is -3.74. The number of carbonyl (C=O) groups excluding carboxylic acids is 2. The van der Waals surface area contributed by atoms with E-state index in [0.29, 0.717) is 30.0 Å². The quantitative estimate of drug-likeness (QED) is 0.458. The van der Waals surface area contributed by atoms with Crippen molar-refractivity contribution < 1.29 is 41.0 Å². The van der Waals surface area contributed by atoms with Crippen LogP contribution in [-0.4, -0.2) is 70.9 Å². The molecule has 2 fully saturated rings. The van der Waals surface area contributed by atoms with E-state index in [1.54, 1.807) is 28.0 Å². The Morgan fingerprint density at radius 3 is 2.56 bits per heavy atom. The van der Waals surface area contributed by atoms with Gasteiger partial charge in [-0.05, 0) is 49.6 Å². The minimum atomic E-state index is -4.68. The first-order chi connectivity index (χ1) is 18.5. The topological polar surface area (TPSA) is 85.2 Å². The monoisotopic (exact) mass is 552 g/mol. The molecule has 1 aliphatic carbocycles. The van der Waals surface area contributed by atoms with Gasteiger partial charge in [0.25, 0.3) is 5.91 Å². The molecule has 2 amide bonds. The molecule has 3 heterocycles. The number of aromatic nitrogens is 2. The third kappa shape index (κ3) is 6.13. The van der Waals surface area contributed by atoms with Gasteiger partial charge in [-0.25, -0.2) is 18.6 Å². The van der Waals surface area contributed by atoms with Crippen LogP contribution in [0.15, 0.2) is 30.5 Å². The molecule has 0 bridgehead atoms. The van der Waals surface area contributed by atoms with Gasteiger partial charge in [-0.1, -0.05) is 0 Å². The Bertz CT molecular complexity index is 1400. The number of imidazole rings is 1. The molecule has 5 rings (SSSR count). The van der Waals surface area contributed by atoms with Crippen LogP contribution in [0.25, 0.3) is 16.9 Å². The second-order valence-corrected chi connectivity index (χ2v) is 9.68. The highest BCUT2D eigenvalue weighted by molar-refractivity contribution is 5.94. The number of pyridine rings is 1. The number of carbonyl (C=O) groups is 2. The summed E-state index contributed by atoms with van der Waals surface area (Å²) >= 11 is 0. The fraction of sp³-hybridized carbons (Fsp3) is 0.423. The van der Waals surface area contributed by atoms with Crippen LogP contribution in [0.3, 0.4) is 0 Å². The average molecular weight is 553 g/mol. The summed E-state index contributed by atoms with van der Waals surface area (Å²) < 4.78 is 80.9. The molecular weight excluding hydrogens is 527 g/mol. The van der Waals surface area contributed by atoms with Crippen LogP contribution >= 0.6 is 0 Å². The van der Waals surface area contributed by atoms with Gasteiger partial charge >= 0.3 is 12.3 Å². The molecule has 0 radical (unpaired) electrons. The van der Waals surface area contributed by atoms with Crippen molar-refractivity contribution in [3.63, 3.8) is 0 Å². The van der Waals surface area contributed by atoms with Crippen molar-refractivity contribution >= 4 is 17.6 Å². The second kappa shape index (κ2) is 10.4. The maximum Gasteiger partial charge on any atom is 0.410 e. The zero-order valence-corrected chi connectivity index (χ0v) is 20.9. The van der Waals surface area contributed by atoms with Crippen LogP contribution in [0.5, 0.6) is 0 Å². The molecule has 13 heteroatoms. The van der Waals surface area contributed by atoms with Crippen molar-refractivity contribution in [2.24, 2.45) is 0 Å². The van der Waals surface area contributed by atoms with Crippen LogP contribution in [0.4, 0.5) is 26.7 Å². The smallest absolute Gasteiger partial charge is 0.410 e. The molecule has 208 valence electrons. The number of ether oxygens (including phenoxy) is 2. The minimum absolute atomic E-state index is 0.0425. The highest BCUT2D eigenvalue weighted by atomic mass is 19.4. The number of benzene rings is 1. The Kier molecular flexibility index (Phi) is 7.19. The fourth-order valence-corrected chi connectivity index (χ4v) is 4.43. The lowest BCUT2D eigenvalue weighted by molar-refractivity contribution is -0.123. The van der Waals surface area contributed by atoms with Gasteiger partial charge in [0.15, 0.2) is 0 Å². The van der Waals surface area contributed by atoms with Crippen LogP contribution < -0.4 is 5.32 Å². The third-order valence-corrected chi connectivity index (χ3v) is 6.48. The first-order valence-electron chi connectivity index (χ1n) is 12.4. The predicted octanol–water partition coefficient (Wildman–Crippen LogP) is 4.42. The van der Waals surface area contributed by atoms with Crippen molar-refractivity contribution in [3.8, 4) is 11.3 Å². The Balaban J connectivity index is 1.46. The summed E-state index contributed by atoms with van der Waals surface area (Å²) in [6, 6.07) is 4.87. The molecule has 0 unspecified atom stereocenters. The van der Waals surface area contributed by atoms with E-state index in [-0.39, 0.29) is 31.4 Å². The average Bonchev–Trinajstić information content (AvgIpc) is 3.62. The van der Waals surface area contributed by atoms with Gasteiger partial charge in [0.1, 0.15) is 29.9 Å². The maximum atomic E-state index is 15.3. The van der Waals surface area contributed by atoms with Crippen molar-refractivity contribution in [1.82, 2.24) is 19.6 Å². The normalized spacial score (nSPS) is 17.9. The first-order valence-corrected chi connectivity index (χ1v) is 12.4. The number of aryl methyl sites for hydroxylation is 1. The van der Waals surface area contributed by atoms with E-state index >= 15 is 8.78 Å². The summed E-state index contributed by atoms with van der Waals surface area (Å²) in [7, 11) is 0. The number of hydrogen-bond acceptors (Lipinski definition) is 5. The lowest BCUT2D eigenvalue weighted by Crippen LogP contribution is -2.46. The van der Waals surface area contributed by atoms with E-state index in [9.17, 15) is 22.8 Å². The fourth-order valence-electron chi connectivity index (χ4n) is 4.43. The Labute approximate surface area is 219 Å². The third-order valence-electron chi connectivity index (χ3n) is 6.48. The van der Waals surface area contributed by atoms with E-state index < -0.39 is 53.6 Å². The molecule has 1 saturated carbocycles. The first kappa shape index (κ1) is 26.9. The van der Waals surface area contributed by atoms with Gasteiger partial charge in [0.05, 0.1) is 36.2 Å². The van der Waals surface area contributed by atoms with Crippen molar-refractivity contribution in [2.75, 3.05) is 26.2 Å². The van der Waals surface area contributed by atoms with Crippen molar-refractivity contribution in [3.05, 3.63) is 58.9 Å². The maximum absolute atomic E-state index is 15.3. The summed E-state index contributed by atoms with van der Waals surface area (Å²) in [6.45, 7) is 0.992. The molecule has 1 aliphatic heterocycles. The number of morpholine rings is 1. The zero-order chi connectivity index (χ0) is 27.9. The summed E-state index contributed by atoms with van der Waals surface area (Å²) in [5.41, 5.74) is 0.496. The number of nitrogens with one attached hydrogen (secondary N) is 1. The van der Waals surface area contributed by atoms with E-state index in [0.717, 1.165) is 18.4 Å². The van der Waals surface area contributed by atoms with Gasteiger partial charge in [0, 0.05) is 24.7 Å². The molecule has 2 aromatic heterocycles. The van der Waals surface area contributed by atoms with Crippen LogP contribution in [0, 0.1) is 18.6 Å². The lowest BCUT2D eigenvalue weighted by atomic mass is 10.0. The summed E-state index contributed by atoms with van der Waals surface area (Å²) in [5.74, 6) is -3.59. The molecule has 1 saturated heterocycles. The Morgan fingerprint density at radius 2 is 1.90 bits per heavy atom. The highest BCUT2D eigenvalue weighted by Gasteiger charge is 2.33. The number of halogens is 5. The number of nitrogens with zero attached hydrogens (tertiary/aromatic N) is 3. The van der Waals surface area contributed by atoms with Crippen LogP contribution in [0.2, 0.25) is 0 Å². The summed E-state index contributed by atoms with van der Waals surface area (Å²) in [5, 5.41) is 1.60. The minimum Gasteiger partial charge on any atom is -0.446 e. The largest absolute Gasteiger partial charge is 0.446 e. The Morgan fingerprint density at radius 1 is 1.18 bits per heavy atom. The summed E-state index contributed by atoms with van der Waals surface area (Å²) in [4.78, 5) is 30.5. The van der Waals surface area contributed by atoms with Crippen molar-refractivity contribution in [1.29, 1.82) is 0 Å². The van der Waals surface area contributed by atoms with Gasteiger partial charge in [-0.3, -0.25) is 4.79 Å². The molecule has 1 aromatic carbocycles. The second-order valence-electron chi connectivity index (χ2n) is 9.68. The van der Waals surface area contributed by atoms with Gasteiger partial charge in [0.2, 0.25) is 0 Å². The number of hydrogen-bond donors (Lipinski definition) is 1. The van der Waals surface area contributed by atoms with Gasteiger partial charge < -0.3 is 24.1 Å². The summed E-state index contributed by atoms with van der Waals surface area (Å²) in [6.07, 6.45) is -2.18. The van der Waals surface area contributed by atoms with E-state index in [4.69, 9.17) is 9.47 Å². The standard InChI is InChI=1S/C26H25F5N4O4/c1-14-4-5-35-20(11-17-12-34(6-7-38-17)25(37)39-16-2-3-16)23(33-21(35)8-14)22-18(27)9-15(10-19(22)28)24(36)32-13-26(29,30)31/h4-5,8-10,16-17H,2-3,6-7,11-13H2,1H3,(H,32,36)/t17-/m0/s1. The molecule has 0 spiro atoms. The zero-order valence-electron chi connectivity index (χ0n) is 20.9. The lowest BCUT2D eigenvalue weighted by Gasteiger charge is -2.32. The number of alkyl halides is 3. The van der Waals surface area contributed by atoms with Crippen LogP contribution in [0.1, 0.15) is 34.5 Å². The van der Waals surface area contributed by atoms with Crippen LogP contribution in [-0.2, 0) is 15.9 Å². The van der Waals surface area contributed by atoms with Gasteiger partial charge in [-0.15, -0.1) is 0 Å². The molecular formula is C26H25F5N4O4. The molecule has 3 aromatic rings. The highest BCUT2D eigenvalue weighted by Crippen LogP contribution is 2.32. The van der Waals surface area contributed by atoms with Crippen molar-refractivity contribution in [2.45, 2.75) is 44.6 Å². The molecule has 39 heavy (non-hydrogen) atoms. The van der Waals surface area contributed by atoms with E-state index in [1.165, 1.54) is 4.90 Å². The molecule has 1 N–H and O–H groups in total. The number of amides is 2. The molecule has 8 nitrogen and oxygen atoms in total. The number of rotatable bonds is 6. The molecule has 1 atom stereocenters. The predicted molar refractivity (Wildman–Crippen MR) is 128 cm³/mol.